The van der Waals surface area contributed by atoms with Crippen LogP contribution < -0.4 is 5.43 Å². The molecule has 1 saturated carbocycles. The molecule has 2 heterocycles. The highest BCUT2D eigenvalue weighted by molar-refractivity contribution is 6.33. The van der Waals surface area contributed by atoms with Gasteiger partial charge in [-0.15, -0.1) is 0 Å². The SMILES string of the molecule is CN1CCC2(c3c(O)cc(O)c4c(=O)cc(-c5ccccc5Cl)oc34)C[C@]2(O)C1. The Morgan fingerprint density at radius 1 is 1.17 bits per heavy atom. The zero-order valence-electron chi connectivity index (χ0n) is 15.8. The van der Waals surface area contributed by atoms with Gasteiger partial charge in [0.05, 0.1) is 10.6 Å². The number of likely N-dealkylation sites (N-methyl/N-ethyl adjacent to an activating group) is 1. The molecule has 150 valence electrons. The number of nitrogens with zero attached hydrogens (tertiary/aromatic N) is 1. The fourth-order valence-electron chi connectivity index (χ4n) is 4.90. The fourth-order valence-corrected chi connectivity index (χ4v) is 5.12. The van der Waals surface area contributed by atoms with Gasteiger partial charge >= 0.3 is 0 Å². The van der Waals surface area contributed by atoms with Gasteiger partial charge in [0, 0.05) is 35.2 Å². The second kappa shape index (κ2) is 5.98. The van der Waals surface area contributed by atoms with Crippen LogP contribution in [0.2, 0.25) is 5.02 Å². The molecule has 0 amide bonds. The number of halogens is 1. The highest BCUT2D eigenvalue weighted by Gasteiger charge is 2.70. The molecule has 0 spiro atoms. The molecule has 3 aromatic rings. The number of hydrogen-bond acceptors (Lipinski definition) is 6. The average molecular weight is 414 g/mol. The topological polar surface area (TPSA) is 94.1 Å². The quantitative estimate of drug-likeness (QED) is 0.597. The van der Waals surface area contributed by atoms with E-state index >= 15 is 0 Å². The normalized spacial score (nSPS) is 26.4. The van der Waals surface area contributed by atoms with E-state index in [-0.39, 0.29) is 28.2 Å². The Bertz CT molecular complexity index is 1220. The number of aliphatic hydroxyl groups is 1. The molecule has 7 heteroatoms. The first kappa shape index (κ1) is 18.5. The third-order valence-electron chi connectivity index (χ3n) is 6.39. The summed E-state index contributed by atoms with van der Waals surface area (Å²) in [4.78, 5) is 14.9. The van der Waals surface area contributed by atoms with Crippen molar-refractivity contribution in [2.75, 3.05) is 20.1 Å². The Labute approximate surface area is 171 Å². The van der Waals surface area contributed by atoms with Crippen LogP contribution in [0.15, 0.2) is 45.6 Å². The van der Waals surface area contributed by atoms with Crippen LogP contribution in [0.1, 0.15) is 18.4 Å². The van der Waals surface area contributed by atoms with Crippen molar-refractivity contribution in [2.24, 2.45) is 0 Å². The summed E-state index contributed by atoms with van der Waals surface area (Å²) < 4.78 is 6.09. The smallest absolute Gasteiger partial charge is 0.197 e. The fraction of sp³-hybridized carbons (Fsp3) is 0.318. The predicted molar refractivity (Wildman–Crippen MR) is 110 cm³/mol. The van der Waals surface area contributed by atoms with E-state index in [0.29, 0.717) is 35.5 Å². The maximum atomic E-state index is 12.9. The van der Waals surface area contributed by atoms with Crippen molar-refractivity contribution in [3.05, 3.63) is 57.2 Å². The summed E-state index contributed by atoms with van der Waals surface area (Å²) in [7, 11) is 1.94. The molecule has 1 saturated heterocycles. The number of aromatic hydroxyl groups is 2. The van der Waals surface area contributed by atoms with Gasteiger partial charge in [-0.05, 0) is 38.6 Å². The molecule has 6 nitrogen and oxygen atoms in total. The minimum absolute atomic E-state index is 0.00356. The first-order valence-corrected chi connectivity index (χ1v) is 9.83. The highest BCUT2D eigenvalue weighted by atomic mass is 35.5. The Kier molecular flexibility index (Phi) is 3.81. The molecule has 2 aromatic carbocycles. The van der Waals surface area contributed by atoms with Gasteiger partial charge < -0.3 is 24.6 Å². The van der Waals surface area contributed by atoms with E-state index in [1.54, 1.807) is 24.3 Å². The average Bonchev–Trinajstić information content (AvgIpc) is 3.26. The first-order valence-electron chi connectivity index (χ1n) is 9.45. The van der Waals surface area contributed by atoms with Crippen molar-refractivity contribution in [3.8, 4) is 22.8 Å². The van der Waals surface area contributed by atoms with E-state index < -0.39 is 16.4 Å². The van der Waals surface area contributed by atoms with Gasteiger partial charge in [-0.1, -0.05) is 23.7 Å². The van der Waals surface area contributed by atoms with Crippen molar-refractivity contribution in [3.63, 3.8) is 0 Å². The summed E-state index contributed by atoms with van der Waals surface area (Å²) in [5, 5.41) is 32.6. The predicted octanol–water partition coefficient (Wildman–Crippen LogP) is 3.23. The maximum Gasteiger partial charge on any atom is 0.197 e. The van der Waals surface area contributed by atoms with E-state index in [4.69, 9.17) is 16.0 Å². The van der Waals surface area contributed by atoms with Crippen LogP contribution >= 0.6 is 11.6 Å². The van der Waals surface area contributed by atoms with Crippen LogP contribution in [0.3, 0.4) is 0 Å². The third-order valence-corrected chi connectivity index (χ3v) is 6.72. The molecular weight excluding hydrogens is 394 g/mol. The van der Waals surface area contributed by atoms with Gasteiger partial charge in [-0.2, -0.15) is 0 Å². The molecule has 29 heavy (non-hydrogen) atoms. The molecular formula is C22H20ClNO5. The molecule has 1 aromatic heterocycles. The summed E-state index contributed by atoms with van der Waals surface area (Å²) in [6.07, 6.45) is 1.06. The van der Waals surface area contributed by atoms with E-state index in [0.717, 1.165) is 12.6 Å². The molecule has 0 bridgehead atoms. The Balaban J connectivity index is 1.82. The lowest BCUT2D eigenvalue weighted by atomic mass is 9.83. The van der Waals surface area contributed by atoms with Crippen LogP contribution in [0, 0.1) is 0 Å². The summed E-state index contributed by atoms with van der Waals surface area (Å²) in [5.41, 5.74) is -1.15. The van der Waals surface area contributed by atoms with Gasteiger partial charge in [0.2, 0.25) is 0 Å². The van der Waals surface area contributed by atoms with Gasteiger partial charge in [0.1, 0.15) is 28.2 Å². The van der Waals surface area contributed by atoms with E-state index in [2.05, 4.69) is 0 Å². The maximum absolute atomic E-state index is 12.9. The molecule has 1 aliphatic carbocycles. The van der Waals surface area contributed by atoms with Crippen molar-refractivity contribution in [2.45, 2.75) is 23.9 Å². The molecule has 0 radical (unpaired) electrons. The van der Waals surface area contributed by atoms with E-state index in [1.807, 2.05) is 11.9 Å². The van der Waals surface area contributed by atoms with Crippen LogP contribution in [0.25, 0.3) is 22.3 Å². The number of phenolic OH excluding ortho intramolecular Hbond substituents is 2. The van der Waals surface area contributed by atoms with Crippen LogP contribution in [-0.2, 0) is 5.41 Å². The number of benzene rings is 2. The highest BCUT2D eigenvalue weighted by Crippen LogP contribution is 2.65. The summed E-state index contributed by atoms with van der Waals surface area (Å²) in [6.45, 7) is 1.20. The zero-order valence-corrected chi connectivity index (χ0v) is 16.5. The molecule has 2 fully saturated rings. The van der Waals surface area contributed by atoms with Crippen molar-refractivity contribution >= 4 is 22.6 Å². The number of hydrogen-bond donors (Lipinski definition) is 3. The second-order valence-corrected chi connectivity index (χ2v) is 8.63. The van der Waals surface area contributed by atoms with E-state index in [9.17, 15) is 20.1 Å². The molecule has 1 aliphatic heterocycles. The molecule has 2 atom stereocenters. The second-order valence-electron chi connectivity index (χ2n) is 8.23. The summed E-state index contributed by atoms with van der Waals surface area (Å²) >= 11 is 6.28. The van der Waals surface area contributed by atoms with Gasteiger partial charge in [-0.25, -0.2) is 0 Å². The van der Waals surface area contributed by atoms with Gasteiger partial charge in [0.15, 0.2) is 5.43 Å². The standard InChI is InChI=1S/C22H20ClNO5/c1-24-7-6-21(10-22(21,28)11-24)19-16(27)8-14(25)18-15(26)9-17(29-20(18)19)12-4-2-3-5-13(12)23/h2-5,8-9,25,27-28H,6-7,10-11H2,1H3/t21?,22-/m0/s1. The number of rotatable bonds is 2. The van der Waals surface area contributed by atoms with Gasteiger partial charge in [0.25, 0.3) is 0 Å². The molecule has 3 N–H and O–H groups in total. The number of phenols is 2. The number of fused-ring (bicyclic) bond motifs is 2. The first-order chi connectivity index (χ1) is 13.8. The number of β-amino-alcohol motifs (C(OH)–C–C–N with tert-alkyl or cyclic N) is 1. The minimum atomic E-state index is -1.01. The van der Waals surface area contributed by atoms with Crippen LogP contribution in [0.5, 0.6) is 11.5 Å². The van der Waals surface area contributed by atoms with Crippen LogP contribution in [-0.4, -0.2) is 46.0 Å². The van der Waals surface area contributed by atoms with Crippen molar-refractivity contribution in [1.29, 1.82) is 0 Å². The lowest BCUT2D eigenvalue weighted by molar-refractivity contribution is 0.0503. The largest absolute Gasteiger partial charge is 0.507 e. The van der Waals surface area contributed by atoms with E-state index in [1.165, 1.54) is 6.07 Å². The number of likely N-dealkylation sites (tertiary alicyclic amines) is 1. The third kappa shape index (κ3) is 2.53. The lowest BCUT2D eigenvalue weighted by Gasteiger charge is -2.33. The Hall–Kier alpha value is -2.54. The monoisotopic (exact) mass is 413 g/mol. The lowest BCUT2D eigenvalue weighted by Crippen LogP contribution is -2.43. The zero-order chi connectivity index (χ0) is 20.6. The summed E-state index contributed by atoms with van der Waals surface area (Å²) in [5.74, 6) is -0.294. The minimum Gasteiger partial charge on any atom is -0.507 e. The van der Waals surface area contributed by atoms with Crippen molar-refractivity contribution < 1.29 is 19.7 Å². The van der Waals surface area contributed by atoms with Gasteiger partial charge in [-0.3, -0.25) is 4.79 Å². The molecule has 5 rings (SSSR count). The number of piperidine rings is 1. The summed E-state index contributed by atoms with van der Waals surface area (Å²) in [6, 6.07) is 9.43. The van der Waals surface area contributed by atoms with Crippen LogP contribution in [0.4, 0.5) is 0 Å². The van der Waals surface area contributed by atoms with Crippen molar-refractivity contribution in [1.82, 2.24) is 4.90 Å². The molecule has 2 aliphatic rings. The Morgan fingerprint density at radius 3 is 2.66 bits per heavy atom. The molecule has 1 unspecified atom stereocenters. The Morgan fingerprint density at radius 2 is 1.93 bits per heavy atom.